The van der Waals surface area contributed by atoms with E-state index in [1.165, 1.54) is 25.3 Å². The zero-order chi connectivity index (χ0) is 23.3. The quantitative estimate of drug-likeness (QED) is 0.429. The van der Waals surface area contributed by atoms with Crippen molar-refractivity contribution < 1.29 is 19.4 Å². The summed E-state index contributed by atoms with van der Waals surface area (Å²) in [5.74, 6) is -1.02. The Morgan fingerprint density at radius 2 is 1.18 bits per heavy atom. The SMILES string of the molecule is COc1cc(C(=O)NC(=O)C(c2ccccc2)(c2ccccc2)c2ccccc2)ccc1O. The fraction of sp³-hybridized carbons (Fsp3) is 0.0714. The molecule has 0 atom stereocenters. The Morgan fingerprint density at radius 3 is 1.61 bits per heavy atom. The summed E-state index contributed by atoms with van der Waals surface area (Å²) < 4.78 is 5.10. The number of hydrogen-bond donors (Lipinski definition) is 2. The van der Waals surface area contributed by atoms with E-state index >= 15 is 0 Å². The second-order valence-electron chi connectivity index (χ2n) is 7.52. The van der Waals surface area contributed by atoms with Crippen LogP contribution < -0.4 is 10.1 Å². The third-order valence-corrected chi connectivity index (χ3v) is 5.63. The van der Waals surface area contributed by atoms with Crippen molar-refractivity contribution in [2.75, 3.05) is 7.11 Å². The normalized spacial score (nSPS) is 10.9. The van der Waals surface area contributed by atoms with E-state index in [1.807, 2.05) is 91.0 Å². The molecule has 164 valence electrons. The fourth-order valence-corrected chi connectivity index (χ4v) is 4.05. The van der Waals surface area contributed by atoms with Crippen LogP contribution in [0, 0.1) is 0 Å². The molecule has 0 aromatic heterocycles. The van der Waals surface area contributed by atoms with Crippen molar-refractivity contribution in [2.24, 2.45) is 0 Å². The molecule has 2 N–H and O–H groups in total. The van der Waals surface area contributed by atoms with Crippen molar-refractivity contribution in [2.45, 2.75) is 5.41 Å². The van der Waals surface area contributed by atoms with Crippen molar-refractivity contribution >= 4 is 11.8 Å². The van der Waals surface area contributed by atoms with Gasteiger partial charge in [-0.15, -0.1) is 0 Å². The Morgan fingerprint density at radius 1 is 0.727 bits per heavy atom. The van der Waals surface area contributed by atoms with Gasteiger partial charge in [0.1, 0.15) is 5.41 Å². The second kappa shape index (κ2) is 9.40. The molecule has 4 aromatic carbocycles. The zero-order valence-corrected chi connectivity index (χ0v) is 18.1. The molecule has 0 aliphatic carbocycles. The van der Waals surface area contributed by atoms with Crippen molar-refractivity contribution in [3.63, 3.8) is 0 Å². The third kappa shape index (κ3) is 4.08. The summed E-state index contributed by atoms with van der Waals surface area (Å²) in [4.78, 5) is 27.2. The standard InChI is InChI=1S/C28H23NO4/c1-33-25-19-20(17-18-24(25)30)26(31)29-27(32)28(21-11-5-2-6-12-21,22-13-7-3-8-14-22)23-15-9-4-10-16-23/h2-19,30H,1H3,(H,29,31,32). The first-order chi connectivity index (χ1) is 16.1. The first kappa shape index (κ1) is 21.8. The summed E-state index contributed by atoms with van der Waals surface area (Å²) in [6, 6.07) is 32.4. The minimum Gasteiger partial charge on any atom is -0.504 e. The van der Waals surface area contributed by atoms with Crippen LogP contribution in [-0.4, -0.2) is 24.0 Å². The van der Waals surface area contributed by atoms with Crippen molar-refractivity contribution in [1.82, 2.24) is 5.32 Å². The number of ether oxygens (including phenoxy) is 1. The Labute approximate surface area is 192 Å². The maximum absolute atomic E-state index is 14.1. The lowest BCUT2D eigenvalue weighted by Gasteiger charge is -2.34. The van der Waals surface area contributed by atoms with Crippen LogP contribution >= 0.6 is 0 Å². The van der Waals surface area contributed by atoms with Gasteiger partial charge in [0.05, 0.1) is 7.11 Å². The van der Waals surface area contributed by atoms with Crippen molar-refractivity contribution in [3.8, 4) is 11.5 Å². The zero-order valence-electron chi connectivity index (χ0n) is 18.1. The largest absolute Gasteiger partial charge is 0.504 e. The van der Waals surface area contributed by atoms with Gasteiger partial charge in [-0.3, -0.25) is 14.9 Å². The van der Waals surface area contributed by atoms with Crippen LogP contribution in [0.4, 0.5) is 0 Å². The minimum atomic E-state index is -1.26. The molecule has 0 fully saturated rings. The maximum atomic E-state index is 14.1. The summed E-state index contributed by atoms with van der Waals surface area (Å²) >= 11 is 0. The van der Waals surface area contributed by atoms with Gasteiger partial charge in [0, 0.05) is 5.56 Å². The van der Waals surface area contributed by atoms with Gasteiger partial charge in [-0.1, -0.05) is 91.0 Å². The van der Waals surface area contributed by atoms with Gasteiger partial charge in [0.25, 0.3) is 5.91 Å². The highest BCUT2D eigenvalue weighted by Gasteiger charge is 2.44. The molecule has 0 radical (unpaired) electrons. The molecule has 4 aromatic rings. The van der Waals surface area contributed by atoms with Crippen LogP contribution in [0.5, 0.6) is 11.5 Å². The van der Waals surface area contributed by atoms with Crippen LogP contribution in [0.2, 0.25) is 0 Å². The van der Waals surface area contributed by atoms with E-state index in [1.54, 1.807) is 0 Å². The Bertz CT molecular complexity index is 1160. The summed E-state index contributed by atoms with van der Waals surface area (Å²) in [7, 11) is 1.40. The highest BCUT2D eigenvalue weighted by atomic mass is 16.5. The molecule has 0 spiro atoms. The molecule has 2 amide bonds. The lowest BCUT2D eigenvalue weighted by atomic mass is 9.68. The molecular formula is C28H23NO4. The highest BCUT2D eigenvalue weighted by molar-refractivity contribution is 6.10. The number of phenolic OH excluding ortho intramolecular Hbond substituents is 1. The van der Waals surface area contributed by atoms with Gasteiger partial charge in [-0.25, -0.2) is 0 Å². The number of hydrogen-bond acceptors (Lipinski definition) is 4. The maximum Gasteiger partial charge on any atom is 0.258 e. The number of aromatic hydroxyl groups is 1. The molecule has 4 rings (SSSR count). The summed E-state index contributed by atoms with van der Waals surface area (Å²) in [6.07, 6.45) is 0. The Hall–Kier alpha value is -4.38. The number of benzene rings is 4. The van der Waals surface area contributed by atoms with Crippen LogP contribution in [-0.2, 0) is 10.2 Å². The van der Waals surface area contributed by atoms with Crippen molar-refractivity contribution in [1.29, 1.82) is 0 Å². The van der Waals surface area contributed by atoms with Gasteiger partial charge in [0.15, 0.2) is 11.5 Å². The van der Waals surface area contributed by atoms with Crippen molar-refractivity contribution in [3.05, 3.63) is 131 Å². The van der Waals surface area contributed by atoms with E-state index in [9.17, 15) is 14.7 Å². The first-order valence-electron chi connectivity index (χ1n) is 10.5. The van der Waals surface area contributed by atoms with Crippen LogP contribution in [0.25, 0.3) is 0 Å². The van der Waals surface area contributed by atoms with Gasteiger partial charge in [-0.05, 0) is 34.9 Å². The van der Waals surface area contributed by atoms with Crippen LogP contribution in [0.15, 0.2) is 109 Å². The second-order valence-corrected chi connectivity index (χ2v) is 7.52. The lowest BCUT2D eigenvalue weighted by molar-refractivity contribution is -0.123. The molecule has 33 heavy (non-hydrogen) atoms. The monoisotopic (exact) mass is 437 g/mol. The number of phenols is 1. The number of imide groups is 1. The molecule has 0 aliphatic heterocycles. The fourth-order valence-electron chi connectivity index (χ4n) is 4.05. The molecule has 0 saturated carbocycles. The number of methoxy groups -OCH3 is 1. The van der Waals surface area contributed by atoms with Crippen LogP contribution in [0.1, 0.15) is 27.0 Å². The van der Waals surface area contributed by atoms with E-state index in [4.69, 9.17) is 4.74 Å². The number of carbonyl (C=O) groups is 2. The summed E-state index contributed by atoms with van der Waals surface area (Å²) in [6.45, 7) is 0. The number of nitrogens with one attached hydrogen (secondary N) is 1. The molecule has 0 unspecified atom stereocenters. The van der Waals surface area contributed by atoms with E-state index in [0.29, 0.717) is 0 Å². The Balaban J connectivity index is 1.86. The van der Waals surface area contributed by atoms with E-state index in [0.717, 1.165) is 16.7 Å². The molecule has 5 nitrogen and oxygen atoms in total. The molecule has 5 heteroatoms. The van der Waals surface area contributed by atoms with Gasteiger partial charge < -0.3 is 9.84 Å². The predicted molar refractivity (Wildman–Crippen MR) is 126 cm³/mol. The molecule has 0 bridgehead atoms. The smallest absolute Gasteiger partial charge is 0.258 e. The van der Waals surface area contributed by atoms with Crippen LogP contribution in [0.3, 0.4) is 0 Å². The topological polar surface area (TPSA) is 75.6 Å². The van der Waals surface area contributed by atoms with E-state index in [-0.39, 0.29) is 17.1 Å². The average molecular weight is 437 g/mol. The number of carbonyl (C=O) groups excluding carboxylic acids is 2. The van der Waals surface area contributed by atoms with Gasteiger partial charge in [-0.2, -0.15) is 0 Å². The summed E-state index contributed by atoms with van der Waals surface area (Å²) in [5.41, 5.74) is 1.13. The molecule has 0 aliphatic rings. The predicted octanol–water partition coefficient (Wildman–Crippen LogP) is 4.69. The molecule has 0 saturated heterocycles. The van der Waals surface area contributed by atoms with Gasteiger partial charge >= 0.3 is 0 Å². The average Bonchev–Trinajstić information content (AvgIpc) is 2.87. The van der Waals surface area contributed by atoms with E-state index < -0.39 is 17.2 Å². The van der Waals surface area contributed by atoms with Gasteiger partial charge in [0.2, 0.25) is 5.91 Å². The number of rotatable bonds is 6. The highest BCUT2D eigenvalue weighted by Crippen LogP contribution is 2.39. The lowest BCUT2D eigenvalue weighted by Crippen LogP contribution is -2.48. The molecule has 0 heterocycles. The summed E-state index contributed by atoms with van der Waals surface area (Å²) in [5, 5.41) is 12.4. The third-order valence-electron chi connectivity index (χ3n) is 5.63. The minimum absolute atomic E-state index is 0.0902. The van der Waals surface area contributed by atoms with E-state index in [2.05, 4.69) is 5.32 Å². The first-order valence-corrected chi connectivity index (χ1v) is 10.5. The number of amides is 2. The Kier molecular flexibility index (Phi) is 6.22. The molecular weight excluding hydrogens is 414 g/mol.